The molecule has 100 valence electrons. The van der Waals surface area contributed by atoms with Crippen molar-refractivity contribution in [1.29, 1.82) is 0 Å². The van der Waals surface area contributed by atoms with Crippen LogP contribution in [0, 0.1) is 0 Å². The van der Waals surface area contributed by atoms with Crippen LogP contribution in [0.2, 0.25) is 0 Å². The van der Waals surface area contributed by atoms with Crippen molar-refractivity contribution in [3.63, 3.8) is 0 Å². The van der Waals surface area contributed by atoms with Crippen LogP contribution in [0.3, 0.4) is 0 Å². The third kappa shape index (κ3) is 5.87. The van der Waals surface area contributed by atoms with Gasteiger partial charge < -0.3 is 5.11 Å². The van der Waals surface area contributed by atoms with E-state index in [0.29, 0.717) is 12.0 Å². The van der Waals surface area contributed by atoms with Gasteiger partial charge in [0, 0.05) is 12.0 Å². The van der Waals surface area contributed by atoms with Crippen molar-refractivity contribution in [3.8, 4) is 5.75 Å². The van der Waals surface area contributed by atoms with Gasteiger partial charge in [0.1, 0.15) is 11.5 Å². The lowest BCUT2D eigenvalue weighted by atomic mass is 10.1. The molecule has 0 heterocycles. The van der Waals surface area contributed by atoms with Crippen molar-refractivity contribution in [2.24, 2.45) is 0 Å². The molecule has 0 aliphatic carbocycles. The van der Waals surface area contributed by atoms with Crippen LogP contribution in [0.4, 0.5) is 0 Å². The molecule has 0 amide bonds. The van der Waals surface area contributed by atoms with Crippen molar-refractivity contribution >= 4 is 5.78 Å². The highest BCUT2D eigenvalue weighted by Crippen LogP contribution is 2.15. The molecule has 19 heavy (non-hydrogen) atoms. The van der Waals surface area contributed by atoms with Crippen LogP contribution in [-0.4, -0.2) is 10.9 Å². The standard InChI is InChI=1S/C9H10O2.C8H10/c1-7(10)6-8-4-2-3-5-9(8)11;1-2-8-6-4-3-5-7-8/h2-5,11H,6H2,1H3;3-7H,2H2,1H3. The number of Topliss-reactive ketones (excluding diaryl/α,β-unsaturated/α-hetero) is 1. The average molecular weight is 256 g/mol. The Kier molecular flexibility index (Phi) is 6.37. The van der Waals surface area contributed by atoms with Gasteiger partial charge in [-0.2, -0.15) is 0 Å². The first kappa shape index (κ1) is 15.0. The smallest absolute Gasteiger partial charge is 0.134 e. The lowest BCUT2D eigenvalue weighted by Gasteiger charge is -1.99. The Morgan fingerprint density at radius 3 is 2.05 bits per heavy atom. The normalized spacial score (nSPS) is 9.37. The summed E-state index contributed by atoms with van der Waals surface area (Å²) in [6, 6.07) is 17.3. The highest BCUT2D eigenvalue weighted by atomic mass is 16.3. The number of carbonyl (C=O) groups is 1. The van der Waals surface area contributed by atoms with Gasteiger partial charge in [-0.25, -0.2) is 0 Å². The first-order chi connectivity index (χ1) is 9.13. The Labute approximate surface area is 114 Å². The lowest BCUT2D eigenvalue weighted by Crippen LogP contribution is -1.95. The molecule has 0 saturated heterocycles. The van der Waals surface area contributed by atoms with E-state index in [1.54, 1.807) is 24.3 Å². The third-order valence-electron chi connectivity index (χ3n) is 2.68. The number of benzene rings is 2. The van der Waals surface area contributed by atoms with Crippen LogP contribution < -0.4 is 0 Å². The van der Waals surface area contributed by atoms with Crippen molar-refractivity contribution in [3.05, 3.63) is 65.7 Å². The number of hydrogen-bond donors (Lipinski definition) is 1. The minimum atomic E-state index is 0.0616. The Bertz CT molecular complexity index is 504. The summed E-state index contributed by atoms with van der Waals surface area (Å²) in [5.74, 6) is 0.259. The number of aromatic hydroxyl groups is 1. The molecule has 0 aliphatic rings. The summed E-state index contributed by atoms with van der Waals surface area (Å²) in [5.41, 5.74) is 2.10. The fourth-order valence-electron chi connectivity index (χ4n) is 1.64. The summed E-state index contributed by atoms with van der Waals surface area (Å²) in [6.45, 7) is 3.67. The summed E-state index contributed by atoms with van der Waals surface area (Å²) in [5, 5.41) is 9.21. The van der Waals surface area contributed by atoms with E-state index in [1.807, 2.05) is 6.07 Å². The second kappa shape index (κ2) is 8.09. The number of rotatable bonds is 3. The van der Waals surface area contributed by atoms with Crippen LogP contribution >= 0.6 is 0 Å². The number of para-hydroxylation sites is 1. The van der Waals surface area contributed by atoms with Crippen LogP contribution in [-0.2, 0) is 17.6 Å². The van der Waals surface area contributed by atoms with Crippen molar-refractivity contribution < 1.29 is 9.90 Å². The minimum Gasteiger partial charge on any atom is -0.508 e. The van der Waals surface area contributed by atoms with E-state index < -0.39 is 0 Å². The van der Waals surface area contributed by atoms with E-state index in [4.69, 9.17) is 0 Å². The molecule has 2 rings (SSSR count). The Hall–Kier alpha value is -2.09. The first-order valence-electron chi connectivity index (χ1n) is 6.43. The molecule has 0 bridgehead atoms. The Morgan fingerprint density at radius 1 is 1.00 bits per heavy atom. The zero-order valence-corrected chi connectivity index (χ0v) is 11.5. The molecule has 0 fully saturated rings. The number of phenolic OH excluding ortho intramolecular Hbond substituents is 1. The van der Waals surface area contributed by atoms with E-state index in [9.17, 15) is 9.90 Å². The van der Waals surface area contributed by atoms with Crippen molar-refractivity contribution in [2.45, 2.75) is 26.7 Å². The van der Waals surface area contributed by atoms with Crippen LogP contribution in [0.15, 0.2) is 54.6 Å². The van der Waals surface area contributed by atoms with E-state index in [-0.39, 0.29) is 11.5 Å². The van der Waals surface area contributed by atoms with Crippen LogP contribution in [0.5, 0.6) is 5.75 Å². The molecule has 0 unspecified atom stereocenters. The molecule has 1 N–H and O–H groups in total. The maximum atomic E-state index is 10.7. The predicted octanol–water partition coefficient (Wildman–Crippen LogP) is 3.77. The van der Waals surface area contributed by atoms with Gasteiger partial charge in [-0.15, -0.1) is 0 Å². The van der Waals surface area contributed by atoms with Gasteiger partial charge in [0.05, 0.1) is 0 Å². The maximum absolute atomic E-state index is 10.7. The van der Waals surface area contributed by atoms with Gasteiger partial charge in [0.25, 0.3) is 0 Å². The molecule has 0 atom stereocenters. The number of hydrogen-bond acceptors (Lipinski definition) is 2. The monoisotopic (exact) mass is 256 g/mol. The summed E-state index contributed by atoms with van der Waals surface area (Å²) in [7, 11) is 0. The van der Waals surface area contributed by atoms with Gasteiger partial charge in [-0.3, -0.25) is 4.79 Å². The van der Waals surface area contributed by atoms with Gasteiger partial charge in [-0.05, 0) is 25.0 Å². The molecular weight excluding hydrogens is 236 g/mol. The third-order valence-corrected chi connectivity index (χ3v) is 2.68. The first-order valence-corrected chi connectivity index (χ1v) is 6.43. The molecule has 0 aliphatic heterocycles. The summed E-state index contributed by atoms with van der Waals surface area (Å²) in [4.78, 5) is 10.7. The molecule has 0 radical (unpaired) electrons. The van der Waals surface area contributed by atoms with Crippen LogP contribution in [0.25, 0.3) is 0 Å². The molecule has 2 aromatic carbocycles. The number of aryl methyl sites for hydroxylation is 1. The Balaban J connectivity index is 0.000000200. The topological polar surface area (TPSA) is 37.3 Å². The predicted molar refractivity (Wildman–Crippen MR) is 78.3 cm³/mol. The number of carbonyl (C=O) groups excluding carboxylic acids is 1. The molecule has 0 spiro atoms. The molecular formula is C17H20O2. The largest absolute Gasteiger partial charge is 0.508 e. The second-order valence-electron chi connectivity index (χ2n) is 4.35. The quantitative estimate of drug-likeness (QED) is 0.907. The summed E-state index contributed by atoms with van der Waals surface area (Å²) >= 11 is 0. The van der Waals surface area contributed by atoms with E-state index in [0.717, 1.165) is 6.42 Å². The van der Waals surface area contributed by atoms with Gasteiger partial charge in [0.15, 0.2) is 0 Å². The van der Waals surface area contributed by atoms with Gasteiger partial charge in [0.2, 0.25) is 0 Å². The highest BCUT2D eigenvalue weighted by molar-refractivity contribution is 5.78. The molecule has 0 aromatic heterocycles. The fraction of sp³-hybridized carbons (Fsp3) is 0.235. The fourth-order valence-corrected chi connectivity index (χ4v) is 1.64. The van der Waals surface area contributed by atoms with Crippen molar-refractivity contribution in [2.75, 3.05) is 0 Å². The summed E-state index contributed by atoms with van der Waals surface area (Å²) < 4.78 is 0. The SMILES string of the molecule is CC(=O)Cc1ccccc1O.CCc1ccccc1. The summed E-state index contributed by atoms with van der Waals surface area (Å²) in [6.07, 6.45) is 1.45. The van der Waals surface area contributed by atoms with Crippen LogP contribution in [0.1, 0.15) is 25.0 Å². The number of ketones is 1. The minimum absolute atomic E-state index is 0.0616. The second-order valence-corrected chi connectivity index (χ2v) is 4.35. The van der Waals surface area contributed by atoms with E-state index in [1.165, 1.54) is 12.5 Å². The van der Waals surface area contributed by atoms with Crippen molar-refractivity contribution in [1.82, 2.24) is 0 Å². The maximum Gasteiger partial charge on any atom is 0.134 e. The zero-order chi connectivity index (χ0) is 14.1. The van der Waals surface area contributed by atoms with E-state index in [2.05, 4.69) is 31.2 Å². The average Bonchev–Trinajstić information content (AvgIpc) is 2.43. The van der Waals surface area contributed by atoms with Gasteiger partial charge in [-0.1, -0.05) is 55.5 Å². The van der Waals surface area contributed by atoms with E-state index >= 15 is 0 Å². The molecule has 0 saturated carbocycles. The Morgan fingerprint density at radius 2 is 1.58 bits per heavy atom. The van der Waals surface area contributed by atoms with Gasteiger partial charge >= 0.3 is 0 Å². The molecule has 2 nitrogen and oxygen atoms in total. The zero-order valence-electron chi connectivity index (χ0n) is 11.5. The highest BCUT2D eigenvalue weighted by Gasteiger charge is 2.01. The molecule has 2 aromatic rings. The lowest BCUT2D eigenvalue weighted by molar-refractivity contribution is -0.116. The molecule has 2 heteroatoms. The number of phenols is 1.